The maximum absolute atomic E-state index is 12.5. The van der Waals surface area contributed by atoms with Crippen molar-refractivity contribution < 1.29 is 23.0 Å². The lowest BCUT2D eigenvalue weighted by molar-refractivity contribution is -0.0498. The number of carbonyl (C=O) groups excluding carboxylic acids is 1. The number of aromatic nitrogens is 1. The van der Waals surface area contributed by atoms with Gasteiger partial charge in [-0.05, 0) is 38.1 Å². The lowest BCUT2D eigenvalue weighted by Gasteiger charge is -2.04. The Balaban J connectivity index is 1.82. The summed E-state index contributed by atoms with van der Waals surface area (Å²) in [5, 5.41) is 3.02. The summed E-state index contributed by atoms with van der Waals surface area (Å²) < 4.78 is 35.6. The highest BCUT2D eigenvalue weighted by Crippen LogP contribution is 2.33. The number of anilines is 1. The van der Waals surface area contributed by atoms with Crippen LogP contribution in [-0.2, 0) is 0 Å². The van der Waals surface area contributed by atoms with Crippen molar-refractivity contribution in [1.82, 2.24) is 4.98 Å². The molecule has 3 aromatic rings. The zero-order chi connectivity index (χ0) is 18.0. The summed E-state index contributed by atoms with van der Waals surface area (Å²) in [4.78, 5) is 17.5. The van der Waals surface area contributed by atoms with Crippen LogP contribution in [-0.4, -0.2) is 24.1 Å². The summed E-state index contributed by atoms with van der Waals surface area (Å²) >= 11 is 2.37. The molecular formula is C16H14F2N2O3S2. The molecule has 0 saturated carbocycles. The van der Waals surface area contributed by atoms with E-state index >= 15 is 0 Å². The van der Waals surface area contributed by atoms with Crippen molar-refractivity contribution in [2.24, 2.45) is 0 Å². The standard InChI is InChI=1S/C16H14F2N2O3S2/c1-3-22-9-4-5-10-12(7-9)25-16(19-10)20-14(21)13-11(23-15(17)18)6-8(2)24-13/h4-7,15H,3H2,1-2H3,(H,19,20,21). The summed E-state index contributed by atoms with van der Waals surface area (Å²) in [7, 11) is 0. The molecule has 0 aliphatic rings. The molecule has 1 amide bonds. The number of thiazole rings is 1. The third-order valence-corrected chi connectivity index (χ3v) is 5.10. The van der Waals surface area contributed by atoms with Crippen LogP contribution in [0.25, 0.3) is 10.2 Å². The van der Waals surface area contributed by atoms with Crippen LogP contribution in [0.4, 0.5) is 13.9 Å². The number of thiophene rings is 1. The van der Waals surface area contributed by atoms with Gasteiger partial charge in [0.25, 0.3) is 5.91 Å². The van der Waals surface area contributed by atoms with E-state index in [2.05, 4.69) is 15.0 Å². The van der Waals surface area contributed by atoms with E-state index in [9.17, 15) is 13.6 Å². The molecule has 1 N–H and O–H groups in total. The first-order chi connectivity index (χ1) is 12.0. The molecule has 2 heterocycles. The van der Waals surface area contributed by atoms with Gasteiger partial charge in [0.2, 0.25) is 0 Å². The fraction of sp³-hybridized carbons (Fsp3) is 0.250. The first-order valence-corrected chi connectivity index (χ1v) is 8.99. The number of halogens is 2. The van der Waals surface area contributed by atoms with Gasteiger partial charge in [-0.15, -0.1) is 11.3 Å². The Morgan fingerprint density at radius 3 is 2.84 bits per heavy atom. The molecule has 0 unspecified atom stereocenters. The molecule has 0 bridgehead atoms. The average Bonchev–Trinajstić information content (AvgIpc) is 3.09. The summed E-state index contributed by atoms with van der Waals surface area (Å²) in [5.74, 6) is 0.0607. The van der Waals surface area contributed by atoms with Crippen LogP contribution in [0.5, 0.6) is 11.5 Å². The van der Waals surface area contributed by atoms with E-state index in [0.29, 0.717) is 16.6 Å². The van der Waals surface area contributed by atoms with Crippen LogP contribution in [0.3, 0.4) is 0 Å². The van der Waals surface area contributed by atoms with Gasteiger partial charge in [0, 0.05) is 4.88 Å². The molecule has 1 aromatic carbocycles. The van der Waals surface area contributed by atoms with Gasteiger partial charge < -0.3 is 9.47 Å². The number of rotatable bonds is 6. The smallest absolute Gasteiger partial charge is 0.387 e. The largest absolute Gasteiger partial charge is 0.494 e. The Morgan fingerprint density at radius 1 is 1.32 bits per heavy atom. The molecule has 0 radical (unpaired) electrons. The number of aryl methyl sites for hydroxylation is 1. The number of benzene rings is 1. The molecule has 5 nitrogen and oxygen atoms in total. The minimum atomic E-state index is -2.99. The molecule has 0 fully saturated rings. The second kappa shape index (κ2) is 7.32. The Bertz CT molecular complexity index is 908. The van der Waals surface area contributed by atoms with E-state index < -0.39 is 12.5 Å². The van der Waals surface area contributed by atoms with Gasteiger partial charge in [0.1, 0.15) is 16.4 Å². The second-order valence-electron chi connectivity index (χ2n) is 4.96. The monoisotopic (exact) mass is 384 g/mol. The molecular weight excluding hydrogens is 370 g/mol. The van der Waals surface area contributed by atoms with Crippen molar-refractivity contribution in [3.63, 3.8) is 0 Å². The normalized spacial score (nSPS) is 11.1. The van der Waals surface area contributed by atoms with Crippen LogP contribution >= 0.6 is 22.7 Å². The van der Waals surface area contributed by atoms with Crippen LogP contribution in [0.2, 0.25) is 0 Å². The van der Waals surface area contributed by atoms with Gasteiger partial charge in [-0.3, -0.25) is 10.1 Å². The lowest BCUT2D eigenvalue weighted by atomic mass is 10.3. The number of hydrogen-bond acceptors (Lipinski definition) is 6. The van der Waals surface area contributed by atoms with Gasteiger partial charge >= 0.3 is 6.61 Å². The second-order valence-corrected chi connectivity index (χ2v) is 7.25. The third kappa shape index (κ3) is 4.05. The number of ether oxygens (including phenoxy) is 2. The van der Waals surface area contributed by atoms with E-state index in [4.69, 9.17) is 4.74 Å². The Labute approximate surface area is 150 Å². The Hall–Kier alpha value is -2.26. The van der Waals surface area contributed by atoms with Crippen LogP contribution < -0.4 is 14.8 Å². The highest BCUT2D eigenvalue weighted by Gasteiger charge is 2.20. The summed E-state index contributed by atoms with van der Waals surface area (Å²) in [6.07, 6.45) is 0. The predicted molar refractivity (Wildman–Crippen MR) is 94.4 cm³/mol. The molecule has 9 heteroatoms. The van der Waals surface area contributed by atoms with E-state index in [1.165, 1.54) is 17.4 Å². The summed E-state index contributed by atoms with van der Waals surface area (Å²) in [6, 6.07) is 6.85. The van der Waals surface area contributed by atoms with Gasteiger partial charge in [0.05, 0.1) is 16.8 Å². The molecule has 0 saturated heterocycles. The fourth-order valence-corrected chi connectivity index (χ4v) is 3.93. The van der Waals surface area contributed by atoms with E-state index in [1.54, 1.807) is 19.1 Å². The van der Waals surface area contributed by atoms with Gasteiger partial charge in [-0.2, -0.15) is 8.78 Å². The third-order valence-electron chi connectivity index (χ3n) is 3.13. The number of nitrogens with one attached hydrogen (secondary N) is 1. The van der Waals surface area contributed by atoms with Gasteiger partial charge in [-0.1, -0.05) is 11.3 Å². The molecule has 0 aliphatic heterocycles. The summed E-state index contributed by atoms with van der Waals surface area (Å²) in [5.41, 5.74) is 0.718. The highest BCUT2D eigenvalue weighted by atomic mass is 32.1. The van der Waals surface area contributed by atoms with E-state index in [1.807, 2.05) is 13.0 Å². The predicted octanol–water partition coefficient (Wildman–Crippen LogP) is 4.92. The Morgan fingerprint density at radius 2 is 2.12 bits per heavy atom. The topological polar surface area (TPSA) is 60.5 Å². The van der Waals surface area contributed by atoms with Crippen molar-refractivity contribution in [2.45, 2.75) is 20.5 Å². The minimum Gasteiger partial charge on any atom is -0.494 e. The minimum absolute atomic E-state index is 0.0899. The molecule has 0 spiro atoms. The van der Waals surface area contributed by atoms with Gasteiger partial charge in [-0.25, -0.2) is 4.98 Å². The quantitative estimate of drug-likeness (QED) is 0.655. The molecule has 132 valence electrons. The fourth-order valence-electron chi connectivity index (χ4n) is 2.20. The van der Waals surface area contributed by atoms with Crippen LogP contribution in [0.1, 0.15) is 21.5 Å². The number of amides is 1. The number of carbonyl (C=O) groups is 1. The Kier molecular flexibility index (Phi) is 5.14. The SMILES string of the molecule is CCOc1ccc2nc(NC(=O)c3sc(C)cc3OC(F)F)sc2c1. The van der Waals surface area contributed by atoms with Crippen molar-refractivity contribution >= 4 is 43.9 Å². The maximum Gasteiger partial charge on any atom is 0.387 e. The maximum atomic E-state index is 12.5. The lowest BCUT2D eigenvalue weighted by Crippen LogP contribution is -2.12. The molecule has 2 aromatic heterocycles. The highest BCUT2D eigenvalue weighted by molar-refractivity contribution is 7.22. The molecule has 3 rings (SSSR count). The molecule has 0 aliphatic carbocycles. The van der Waals surface area contributed by atoms with Crippen molar-refractivity contribution in [1.29, 1.82) is 0 Å². The van der Waals surface area contributed by atoms with Crippen molar-refractivity contribution in [3.05, 3.63) is 34.0 Å². The van der Waals surface area contributed by atoms with E-state index in [-0.39, 0.29) is 10.6 Å². The number of hydrogen-bond donors (Lipinski definition) is 1. The molecule has 0 atom stereocenters. The zero-order valence-electron chi connectivity index (χ0n) is 13.3. The number of fused-ring (bicyclic) bond motifs is 1. The molecule has 25 heavy (non-hydrogen) atoms. The first kappa shape index (κ1) is 17.6. The van der Waals surface area contributed by atoms with Crippen LogP contribution in [0.15, 0.2) is 24.3 Å². The first-order valence-electron chi connectivity index (χ1n) is 7.36. The summed E-state index contributed by atoms with van der Waals surface area (Å²) in [6.45, 7) is 1.18. The zero-order valence-corrected chi connectivity index (χ0v) is 15.0. The van der Waals surface area contributed by atoms with Crippen molar-refractivity contribution in [2.75, 3.05) is 11.9 Å². The average molecular weight is 384 g/mol. The van der Waals surface area contributed by atoms with Crippen LogP contribution in [0, 0.1) is 6.92 Å². The van der Waals surface area contributed by atoms with E-state index in [0.717, 1.165) is 27.3 Å². The van der Waals surface area contributed by atoms with Gasteiger partial charge in [0.15, 0.2) is 5.13 Å². The number of alkyl halides is 2. The van der Waals surface area contributed by atoms with Crippen molar-refractivity contribution in [3.8, 4) is 11.5 Å². The number of nitrogens with zero attached hydrogens (tertiary/aromatic N) is 1.